The number of amides is 2. The van der Waals surface area contributed by atoms with Crippen molar-refractivity contribution in [2.45, 2.75) is 38.1 Å². The van der Waals surface area contributed by atoms with Gasteiger partial charge in [0.15, 0.2) is 11.5 Å². The first-order valence-corrected chi connectivity index (χ1v) is 11.2. The molecule has 2 heterocycles. The second kappa shape index (κ2) is 9.94. The summed E-state index contributed by atoms with van der Waals surface area (Å²) in [5, 5.41) is 2.92. The molecule has 2 aliphatic rings. The van der Waals surface area contributed by atoms with Crippen LogP contribution in [-0.2, 0) is 16.0 Å². The smallest absolute Gasteiger partial charge is 0.227 e. The predicted octanol–water partition coefficient (Wildman–Crippen LogP) is 3.16. The largest absolute Gasteiger partial charge is 0.493 e. The zero-order chi connectivity index (χ0) is 22.5. The molecule has 0 saturated carbocycles. The minimum absolute atomic E-state index is 0.0130. The fourth-order valence-electron chi connectivity index (χ4n) is 4.65. The lowest BCUT2D eigenvalue weighted by Crippen LogP contribution is -2.48. The van der Waals surface area contributed by atoms with Gasteiger partial charge in [-0.2, -0.15) is 0 Å². The Morgan fingerprint density at radius 1 is 1.03 bits per heavy atom. The number of hydrogen-bond donors (Lipinski definition) is 1. The Kier molecular flexibility index (Phi) is 6.83. The van der Waals surface area contributed by atoms with Gasteiger partial charge in [0.1, 0.15) is 0 Å². The first-order chi connectivity index (χ1) is 15.6. The van der Waals surface area contributed by atoms with Gasteiger partial charge in [0.25, 0.3) is 0 Å². The number of carbonyl (C=O) groups excluding carboxylic acids is 2. The van der Waals surface area contributed by atoms with Gasteiger partial charge < -0.3 is 24.6 Å². The highest BCUT2D eigenvalue weighted by molar-refractivity contribution is 5.99. The van der Waals surface area contributed by atoms with E-state index >= 15 is 0 Å². The summed E-state index contributed by atoms with van der Waals surface area (Å²) >= 11 is 0. The van der Waals surface area contributed by atoms with Crippen LogP contribution in [0.2, 0.25) is 0 Å². The Balaban J connectivity index is 1.27. The molecule has 32 heavy (non-hydrogen) atoms. The molecule has 1 N–H and O–H groups in total. The van der Waals surface area contributed by atoms with Crippen LogP contribution in [0.25, 0.3) is 0 Å². The van der Waals surface area contributed by atoms with Crippen molar-refractivity contribution in [1.29, 1.82) is 0 Å². The molecule has 0 spiro atoms. The maximum absolute atomic E-state index is 13.0. The number of anilines is 2. The highest BCUT2D eigenvalue weighted by atomic mass is 16.5. The Morgan fingerprint density at radius 3 is 2.59 bits per heavy atom. The topological polar surface area (TPSA) is 71.1 Å². The van der Waals surface area contributed by atoms with Gasteiger partial charge >= 0.3 is 0 Å². The molecule has 1 saturated heterocycles. The minimum Gasteiger partial charge on any atom is -0.493 e. The molecule has 2 amide bonds. The molecule has 0 radical (unpaired) electrons. The Morgan fingerprint density at radius 2 is 1.81 bits per heavy atom. The SMILES string of the molecule is COc1ccc(CCNC(=O)CCC(=O)N2C[C@H]3CCCN3c3ccccc32)cc1OC. The van der Waals surface area contributed by atoms with Gasteiger partial charge in [0.05, 0.1) is 25.6 Å². The number of hydrogen-bond acceptors (Lipinski definition) is 5. The molecule has 1 atom stereocenters. The first-order valence-electron chi connectivity index (χ1n) is 11.2. The Labute approximate surface area is 189 Å². The monoisotopic (exact) mass is 437 g/mol. The van der Waals surface area contributed by atoms with Gasteiger partial charge in [0.2, 0.25) is 11.8 Å². The molecule has 0 unspecified atom stereocenters. The van der Waals surface area contributed by atoms with E-state index in [0.29, 0.717) is 37.1 Å². The van der Waals surface area contributed by atoms with E-state index in [9.17, 15) is 9.59 Å². The van der Waals surface area contributed by atoms with E-state index in [1.54, 1.807) is 14.2 Å². The van der Waals surface area contributed by atoms with Crippen molar-refractivity contribution in [2.75, 3.05) is 43.7 Å². The van der Waals surface area contributed by atoms with Gasteiger partial charge in [0, 0.05) is 38.5 Å². The van der Waals surface area contributed by atoms with Crippen LogP contribution in [-0.4, -0.2) is 51.7 Å². The van der Waals surface area contributed by atoms with Crippen molar-refractivity contribution >= 4 is 23.2 Å². The molecular weight excluding hydrogens is 406 g/mol. The van der Waals surface area contributed by atoms with E-state index in [2.05, 4.69) is 16.3 Å². The summed E-state index contributed by atoms with van der Waals surface area (Å²) in [6.45, 7) is 2.26. The molecule has 2 aliphatic heterocycles. The Hall–Kier alpha value is -3.22. The standard InChI is InChI=1S/C25H31N3O4/c1-31-22-10-9-18(16-23(22)32-2)13-14-26-24(29)11-12-25(30)28-17-19-6-5-15-27(19)20-7-3-4-8-21(20)28/h3-4,7-10,16,19H,5-6,11-15,17H2,1-2H3,(H,26,29)/t19-/m1/s1. The number of rotatable bonds is 8. The second-order valence-electron chi connectivity index (χ2n) is 8.27. The molecule has 170 valence electrons. The summed E-state index contributed by atoms with van der Waals surface area (Å²) < 4.78 is 10.6. The first kappa shape index (κ1) is 22.0. The van der Waals surface area contributed by atoms with Gasteiger partial charge in [-0.15, -0.1) is 0 Å². The lowest BCUT2D eigenvalue weighted by Gasteiger charge is -2.40. The summed E-state index contributed by atoms with van der Waals surface area (Å²) in [6.07, 6.45) is 3.34. The zero-order valence-corrected chi connectivity index (χ0v) is 18.8. The molecule has 0 bridgehead atoms. The molecule has 0 aliphatic carbocycles. The van der Waals surface area contributed by atoms with Crippen molar-refractivity contribution in [3.05, 3.63) is 48.0 Å². The van der Waals surface area contributed by atoms with E-state index in [-0.39, 0.29) is 24.7 Å². The highest BCUT2D eigenvalue weighted by Crippen LogP contribution is 2.39. The molecule has 7 heteroatoms. The van der Waals surface area contributed by atoms with E-state index in [4.69, 9.17) is 9.47 Å². The van der Waals surface area contributed by atoms with Gasteiger partial charge in [-0.3, -0.25) is 9.59 Å². The summed E-state index contributed by atoms with van der Waals surface area (Å²) in [6, 6.07) is 14.2. The van der Waals surface area contributed by atoms with Crippen molar-refractivity contribution in [1.82, 2.24) is 5.32 Å². The fraction of sp³-hybridized carbons (Fsp3) is 0.440. The van der Waals surface area contributed by atoms with Crippen LogP contribution >= 0.6 is 0 Å². The molecule has 2 aromatic rings. The lowest BCUT2D eigenvalue weighted by atomic mass is 10.1. The van der Waals surface area contributed by atoms with Crippen LogP contribution in [0.3, 0.4) is 0 Å². The van der Waals surface area contributed by atoms with Crippen LogP contribution in [0.1, 0.15) is 31.2 Å². The highest BCUT2D eigenvalue weighted by Gasteiger charge is 2.35. The number of methoxy groups -OCH3 is 2. The minimum atomic E-state index is -0.105. The third-order valence-electron chi connectivity index (χ3n) is 6.30. The van der Waals surface area contributed by atoms with E-state index in [1.165, 1.54) is 0 Å². The number of carbonyl (C=O) groups is 2. The summed E-state index contributed by atoms with van der Waals surface area (Å²) in [7, 11) is 3.21. The number of fused-ring (bicyclic) bond motifs is 3. The quantitative estimate of drug-likeness (QED) is 0.687. The number of ether oxygens (including phenoxy) is 2. The number of nitrogens with zero attached hydrogens (tertiary/aromatic N) is 2. The lowest BCUT2D eigenvalue weighted by molar-refractivity contribution is -0.125. The number of benzene rings is 2. The molecule has 7 nitrogen and oxygen atoms in total. The fourth-order valence-corrected chi connectivity index (χ4v) is 4.65. The maximum atomic E-state index is 13.0. The van der Waals surface area contributed by atoms with Crippen molar-refractivity contribution in [3.8, 4) is 11.5 Å². The zero-order valence-electron chi connectivity index (χ0n) is 18.8. The van der Waals surface area contributed by atoms with Gasteiger partial charge in [-0.1, -0.05) is 18.2 Å². The summed E-state index contributed by atoms with van der Waals surface area (Å²) in [5.41, 5.74) is 3.14. The van der Waals surface area contributed by atoms with Crippen LogP contribution in [0.4, 0.5) is 11.4 Å². The average molecular weight is 438 g/mol. The van der Waals surface area contributed by atoms with Crippen molar-refractivity contribution < 1.29 is 19.1 Å². The van der Waals surface area contributed by atoms with Crippen LogP contribution in [0.5, 0.6) is 11.5 Å². The van der Waals surface area contributed by atoms with E-state index in [1.807, 2.05) is 41.3 Å². The summed E-state index contributed by atoms with van der Waals surface area (Å²) in [5.74, 6) is 1.26. The van der Waals surface area contributed by atoms with Crippen LogP contribution < -0.4 is 24.6 Å². The average Bonchev–Trinajstić information content (AvgIpc) is 3.31. The van der Waals surface area contributed by atoms with Gasteiger partial charge in [-0.05, 0) is 49.1 Å². The molecule has 2 aromatic carbocycles. The third kappa shape index (κ3) is 4.66. The van der Waals surface area contributed by atoms with E-state index < -0.39 is 0 Å². The van der Waals surface area contributed by atoms with Crippen LogP contribution in [0.15, 0.2) is 42.5 Å². The van der Waals surface area contributed by atoms with E-state index in [0.717, 1.165) is 36.3 Å². The molecule has 4 rings (SSSR count). The molecule has 0 aromatic heterocycles. The normalized spacial score (nSPS) is 16.9. The molecular formula is C25H31N3O4. The number of nitrogens with one attached hydrogen (secondary N) is 1. The molecule has 1 fully saturated rings. The number of para-hydroxylation sites is 2. The maximum Gasteiger partial charge on any atom is 0.227 e. The Bertz CT molecular complexity index is 977. The second-order valence-corrected chi connectivity index (χ2v) is 8.27. The summed E-state index contributed by atoms with van der Waals surface area (Å²) in [4.78, 5) is 29.6. The van der Waals surface area contributed by atoms with Crippen molar-refractivity contribution in [2.24, 2.45) is 0 Å². The van der Waals surface area contributed by atoms with Gasteiger partial charge in [-0.25, -0.2) is 0 Å². The van der Waals surface area contributed by atoms with Crippen LogP contribution in [0, 0.1) is 0 Å². The predicted molar refractivity (Wildman–Crippen MR) is 125 cm³/mol. The third-order valence-corrected chi connectivity index (χ3v) is 6.30. The van der Waals surface area contributed by atoms with Crippen molar-refractivity contribution in [3.63, 3.8) is 0 Å².